The fourth-order valence-corrected chi connectivity index (χ4v) is 5.64. The van der Waals surface area contributed by atoms with E-state index in [0.717, 1.165) is 23.6 Å². The summed E-state index contributed by atoms with van der Waals surface area (Å²) in [7, 11) is -4.47. The summed E-state index contributed by atoms with van der Waals surface area (Å²) in [6.07, 6.45) is 2.09. The molecule has 2 aromatic heterocycles. The Balaban J connectivity index is 1.52. The molecule has 2 aromatic carbocycles. The van der Waals surface area contributed by atoms with Gasteiger partial charge in [0.05, 0.1) is 16.9 Å². The van der Waals surface area contributed by atoms with E-state index in [-0.39, 0.29) is 22.9 Å². The van der Waals surface area contributed by atoms with Gasteiger partial charge in [-0.15, -0.1) is 0 Å². The van der Waals surface area contributed by atoms with E-state index in [2.05, 4.69) is 27.5 Å². The van der Waals surface area contributed by atoms with Crippen molar-refractivity contribution in [2.24, 2.45) is 0 Å². The van der Waals surface area contributed by atoms with Gasteiger partial charge in [-0.1, -0.05) is 54.1 Å². The molecule has 4 aromatic rings. The van der Waals surface area contributed by atoms with Crippen molar-refractivity contribution in [2.45, 2.75) is 23.7 Å². The number of carbonyl (C=O) groups is 2. The lowest BCUT2D eigenvalue weighted by atomic mass is 9.89. The fraction of sp³-hybridized carbons (Fsp3) is 0.200. The number of halogens is 1. The highest BCUT2D eigenvalue weighted by atomic mass is 35.5. The van der Waals surface area contributed by atoms with E-state index in [1.54, 1.807) is 29.2 Å². The van der Waals surface area contributed by atoms with E-state index in [1.807, 2.05) is 18.2 Å². The maximum atomic E-state index is 13.7. The molecular weight excluding hydrogens is 532 g/mol. The number of para-hydroxylation sites is 1. The van der Waals surface area contributed by atoms with Crippen LogP contribution in [-0.2, 0) is 10.0 Å². The van der Waals surface area contributed by atoms with Crippen LogP contribution in [0.2, 0.25) is 5.02 Å². The van der Waals surface area contributed by atoms with Gasteiger partial charge in [0, 0.05) is 19.3 Å². The van der Waals surface area contributed by atoms with Crippen molar-refractivity contribution in [1.82, 2.24) is 24.2 Å². The molecule has 0 aliphatic carbocycles. The molecule has 0 atom stereocenters. The third-order valence-corrected chi connectivity index (χ3v) is 8.06. The Bertz CT molecular complexity index is 1620. The lowest BCUT2D eigenvalue weighted by Gasteiger charge is -2.32. The predicted octanol–water partition coefficient (Wildman–Crippen LogP) is 4.10. The zero-order chi connectivity index (χ0) is 26.9. The smallest absolute Gasteiger partial charge is 0.418 e. The average Bonchev–Trinajstić information content (AvgIpc) is 3.35. The van der Waals surface area contributed by atoms with Gasteiger partial charge < -0.3 is 15.3 Å². The van der Waals surface area contributed by atoms with Crippen LogP contribution in [0.4, 0.5) is 16.3 Å². The van der Waals surface area contributed by atoms with Crippen LogP contribution in [-0.4, -0.2) is 58.1 Å². The van der Waals surface area contributed by atoms with Crippen molar-refractivity contribution in [3.8, 4) is 0 Å². The SMILES string of the molecule is O=C(O)NS(=O)(=O)c1cnn2c(Nc3ccccc3Cl)c(C(=O)N3CCC(c4ccccc4)CC3)cnc12. The van der Waals surface area contributed by atoms with Crippen LogP contribution in [0.3, 0.4) is 0 Å². The number of rotatable bonds is 6. The molecule has 13 heteroatoms. The van der Waals surface area contributed by atoms with Gasteiger partial charge in [0.2, 0.25) is 0 Å². The molecule has 1 fully saturated rings. The number of likely N-dealkylation sites (tertiary alicyclic amines) is 1. The topological polar surface area (TPSA) is 146 Å². The number of amides is 2. The summed E-state index contributed by atoms with van der Waals surface area (Å²) in [6.45, 7) is 1.06. The number of benzene rings is 2. The van der Waals surface area contributed by atoms with Gasteiger partial charge in [0.1, 0.15) is 11.4 Å². The number of piperidine rings is 1. The van der Waals surface area contributed by atoms with Gasteiger partial charge >= 0.3 is 6.09 Å². The summed E-state index contributed by atoms with van der Waals surface area (Å²) in [6, 6.07) is 17.0. The number of anilines is 2. The van der Waals surface area contributed by atoms with Crippen LogP contribution in [0.1, 0.15) is 34.7 Å². The molecule has 5 rings (SSSR count). The van der Waals surface area contributed by atoms with Crippen LogP contribution >= 0.6 is 11.6 Å². The Morgan fingerprint density at radius 1 is 1.00 bits per heavy atom. The third-order valence-electron chi connectivity index (χ3n) is 6.42. The van der Waals surface area contributed by atoms with Gasteiger partial charge in [-0.05, 0) is 36.5 Å². The molecule has 0 saturated carbocycles. The summed E-state index contributed by atoms with van der Waals surface area (Å²) < 4.78 is 27.7. The zero-order valence-corrected chi connectivity index (χ0v) is 21.5. The largest absolute Gasteiger partial charge is 0.464 e. The Labute approximate surface area is 223 Å². The molecule has 0 spiro atoms. The highest BCUT2D eigenvalue weighted by Crippen LogP contribution is 2.32. The standard InChI is InChI=1S/C25H23ClN6O5S/c26-19-8-4-5-9-20(19)29-22-18(14-27-23-21(15-28-32(22)23)38(36,37)30-25(34)35)24(33)31-12-10-17(11-13-31)16-6-2-1-3-7-16/h1-9,14-15,17,29-30H,10-13H2,(H,34,35). The second-order valence-electron chi connectivity index (χ2n) is 8.76. The normalized spacial score (nSPS) is 14.4. The van der Waals surface area contributed by atoms with Crippen LogP contribution in [0.5, 0.6) is 0 Å². The molecule has 38 heavy (non-hydrogen) atoms. The Hall–Kier alpha value is -4.16. The number of sulfonamides is 1. The van der Waals surface area contributed by atoms with Crippen molar-refractivity contribution < 1.29 is 23.1 Å². The minimum Gasteiger partial charge on any atom is -0.464 e. The molecule has 2 amide bonds. The van der Waals surface area contributed by atoms with Gasteiger partial charge in [-0.2, -0.15) is 9.61 Å². The molecular formula is C25H23ClN6O5S. The maximum absolute atomic E-state index is 13.7. The van der Waals surface area contributed by atoms with Crippen molar-refractivity contribution in [3.05, 3.63) is 83.1 Å². The first kappa shape index (κ1) is 25.5. The van der Waals surface area contributed by atoms with E-state index in [1.165, 1.54) is 16.5 Å². The quantitative estimate of drug-likeness (QED) is 0.323. The summed E-state index contributed by atoms with van der Waals surface area (Å²) in [4.78, 5) is 30.2. The van der Waals surface area contributed by atoms with Crippen molar-refractivity contribution in [3.63, 3.8) is 0 Å². The van der Waals surface area contributed by atoms with Gasteiger partial charge in [-0.25, -0.2) is 22.9 Å². The van der Waals surface area contributed by atoms with Crippen LogP contribution in [0.15, 0.2) is 71.9 Å². The van der Waals surface area contributed by atoms with E-state index in [0.29, 0.717) is 29.7 Å². The summed E-state index contributed by atoms with van der Waals surface area (Å²) in [5.41, 5.74) is 1.70. The molecule has 3 N–H and O–H groups in total. The molecule has 1 aliphatic heterocycles. The number of hydrogen-bond acceptors (Lipinski definition) is 7. The van der Waals surface area contributed by atoms with Crippen molar-refractivity contribution >= 4 is 50.8 Å². The maximum Gasteiger partial charge on any atom is 0.418 e. The molecule has 0 radical (unpaired) electrons. The van der Waals surface area contributed by atoms with Gasteiger partial charge in [0.25, 0.3) is 15.9 Å². The first-order valence-electron chi connectivity index (χ1n) is 11.7. The average molecular weight is 555 g/mol. The second-order valence-corrected chi connectivity index (χ2v) is 10.8. The molecule has 0 bridgehead atoms. The third kappa shape index (κ3) is 5.00. The summed E-state index contributed by atoms with van der Waals surface area (Å²) >= 11 is 6.34. The second kappa shape index (κ2) is 10.3. The minimum absolute atomic E-state index is 0.148. The molecule has 1 aliphatic rings. The number of nitrogens with one attached hydrogen (secondary N) is 2. The number of hydrogen-bond donors (Lipinski definition) is 3. The molecule has 11 nitrogen and oxygen atoms in total. The predicted molar refractivity (Wildman–Crippen MR) is 140 cm³/mol. The minimum atomic E-state index is -4.47. The Kier molecular flexibility index (Phi) is 6.91. The number of fused-ring (bicyclic) bond motifs is 1. The summed E-state index contributed by atoms with van der Waals surface area (Å²) in [5, 5.41) is 16.5. The number of carbonyl (C=O) groups excluding carboxylic acids is 1. The fourth-order valence-electron chi connectivity index (χ4n) is 4.55. The highest BCUT2D eigenvalue weighted by molar-refractivity contribution is 7.90. The lowest BCUT2D eigenvalue weighted by molar-refractivity contribution is 0.0713. The van der Waals surface area contributed by atoms with Crippen LogP contribution in [0.25, 0.3) is 5.65 Å². The van der Waals surface area contributed by atoms with Crippen molar-refractivity contribution in [2.75, 3.05) is 18.4 Å². The van der Waals surface area contributed by atoms with E-state index < -0.39 is 21.0 Å². The molecule has 196 valence electrons. The zero-order valence-electron chi connectivity index (χ0n) is 19.9. The lowest BCUT2D eigenvalue weighted by Crippen LogP contribution is -2.38. The number of aromatic nitrogens is 3. The number of carboxylic acid groups (broad SMARTS) is 1. The summed E-state index contributed by atoms with van der Waals surface area (Å²) in [5.74, 6) is 0.196. The van der Waals surface area contributed by atoms with E-state index >= 15 is 0 Å². The number of nitrogens with zero attached hydrogens (tertiary/aromatic N) is 4. The molecule has 3 heterocycles. The molecule has 0 unspecified atom stereocenters. The molecule has 1 saturated heterocycles. The first-order chi connectivity index (χ1) is 18.2. The Morgan fingerprint density at radius 2 is 1.68 bits per heavy atom. The first-order valence-corrected chi connectivity index (χ1v) is 13.6. The van der Waals surface area contributed by atoms with Crippen LogP contribution < -0.4 is 10.0 Å². The highest BCUT2D eigenvalue weighted by Gasteiger charge is 2.30. The van der Waals surface area contributed by atoms with Gasteiger partial charge in [0.15, 0.2) is 10.5 Å². The van der Waals surface area contributed by atoms with Crippen molar-refractivity contribution in [1.29, 1.82) is 0 Å². The van der Waals surface area contributed by atoms with E-state index in [9.17, 15) is 18.0 Å². The Morgan fingerprint density at radius 3 is 2.37 bits per heavy atom. The van der Waals surface area contributed by atoms with E-state index in [4.69, 9.17) is 16.7 Å². The van der Waals surface area contributed by atoms with Gasteiger partial charge in [-0.3, -0.25) is 4.79 Å². The van der Waals surface area contributed by atoms with Crippen LogP contribution in [0, 0.1) is 0 Å². The monoisotopic (exact) mass is 554 g/mol.